The van der Waals surface area contributed by atoms with Crippen LogP contribution in [0.15, 0.2) is 0 Å². The Morgan fingerprint density at radius 3 is 2.70 bits per heavy atom. The summed E-state index contributed by atoms with van der Waals surface area (Å²) in [5, 5.41) is 18.3. The first kappa shape index (κ1) is 6.58. The van der Waals surface area contributed by atoms with Crippen molar-refractivity contribution in [3.8, 4) is 0 Å². The van der Waals surface area contributed by atoms with Gasteiger partial charge in [-0.3, -0.25) is 0 Å². The molecule has 58 valence electrons. The SMILES string of the molecule is OC1C2CCCC2O[C@H]1O. The standard InChI is InChI=1S/C7H12O3/c8-6-4-2-1-3-5(4)10-7(6)9/h4-9H,1-3H2/t4?,5?,6?,7-/m1/s1. The lowest BCUT2D eigenvalue weighted by molar-refractivity contribution is -0.128. The monoisotopic (exact) mass is 144 g/mol. The highest BCUT2D eigenvalue weighted by Crippen LogP contribution is 2.38. The number of aliphatic hydroxyl groups is 2. The highest BCUT2D eigenvalue weighted by Gasteiger charge is 2.44. The summed E-state index contributed by atoms with van der Waals surface area (Å²) in [6, 6.07) is 0. The molecule has 10 heavy (non-hydrogen) atoms. The van der Waals surface area contributed by atoms with Crippen molar-refractivity contribution in [2.45, 2.75) is 37.8 Å². The third kappa shape index (κ3) is 0.779. The molecule has 2 fully saturated rings. The van der Waals surface area contributed by atoms with Crippen LogP contribution in [0.3, 0.4) is 0 Å². The molecule has 3 unspecified atom stereocenters. The number of ether oxygens (including phenoxy) is 1. The normalized spacial score (nSPS) is 53.4. The molecule has 1 aliphatic carbocycles. The number of hydrogen-bond donors (Lipinski definition) is 2. The van der Waals surface area contributed by atoms with E-state index in [1.165, 1.54) is 0 Å². The van der Waals surface area contributed by atoms with Gasteiger partial charge in [0.1, 0.15) is 6.10 Å². The van der Waals surface area contributed by atoms with E-state index in [1.54, 1.807) is 0 Å². The molecule has 1 saturated carbocycles. The lowest BCUT2D eigenvalue weighted by atomic mass is 10.0. The zero-order chi connectivity index (χ0) is 7.14. The molecule has 4 atom stereocenters. The third-order valence-electron chi connectivity index (χ3n) is 2.55. The summed E-state index contributed by atoms with van der Waals surface area (Å²) in [5.41, 5.74) is 0. The predicted molar refractivity (Wildman–Crippen MR) is 34.2 cm³/mol. The van der Waals surface area contributed by atoms with Gasteiger partial charge >= 0.3 is 0 Å². The molecule has 0 amide bonds. The quantitative estimate of drug-likeness (QED) is 0.497. The topological polar surface area (TPSA) is 49.7 Å². The first-order valence-corrected chi connectivity index (χ1v) is 3.80. The van der Waals surface area contributed by atoms with Gasteiger partial charge < -0.3 is 14.9 Å². The molecule has 0 bridgehead atoms. The van der Waals surface area contributed by atoms with Gasteiger partial charge in [0.2, 0.25) is 0 Å². The predicted octanol–water partition coefficient (Wildman–Crippen LogP) is -0.135. The summed E-state index contributed by atoms with van der Waals surface area (Å²) in [6.07, 6.45) is 1.70. The molecule has 1 saturated heterocycles. The Hall–Kier alpha value is -0.120. The van der Waals surface area contributed by atoms with E-state index in [-0.39, 0.29) is 12.0 Å². The molecule has 3 nitrogen and oxygen atoms in total. The van der Waals surface area contributed by atoms with Gasteiger partial charge in [-0.1, -0.05) is 6.42 Å². The van der Waals surface area contributed by atoms with Crippen LogP contribution in [0.1, 0.15) is 19.3 Å². The van der Waals surface area contributed by atoms with E-state index >= 15 is 0 Å². The van der Waals surface area contributed by atoms with Gasteiger partial charge in [0.15, 0.2) is 6.29 Å². The van der Waals surface area contributed by atoms with Crippen LogP contribution >= 0.6 is 0 Å². The summed E-state index contributed by atoms with van der Waals surface area (Å²) in [4.78, 5) is 0. The zero-order valence-corrected chi connectivity index (χ0v) is 5.73. The zero-order valence-electron chi connectivity index (χ0n) is 5.73. The van der Waals surface area contributed by atoms with E-state index in [4.69, 9.17) is 9.84 Å². The van der Waals surface area contributed by atoms with Gasteiger partial charge in [-0.05, 0) is 12.8 Å². The molecule has 2 aliphatic rings. The Morgan fingerprint density at radius 1 is 1.20 bits per heavy atom. The molecule has 3 heteroatoms. The summed E-state index contributed by atoms with van der Waals surface area (Å²) < 4.78 is 5.10. The Bertz CT molecular complexity index is 135. The Kier molecular flexibility index (Phi) is 1.44. The average molecular weight is 144 g/mol. The molecule has 0 aromatic carbocycles. The second-order valence-corrected chi connectivity index (χ2v) is 3.15. The maximum absolute atomic E-state index is 9.29. The van der Waals surface area contributed by atoms with Crippen molar-refractivity contribution in [1.29, 1.82) is 0 Å². The van der Waals surface area contributed by atoms with Gasteiger partial charge in [0.05, 0.1) is 6.10 Å². The highest BCUT2D eigenvalue weighted by molar-refractivity contribution is 4.90. The van der Waals surface area contributed by atoms with E-state index in [9.17, 15) is 5.11 Å². The number of fused-ring (bicyclic) bond motifs is 1. The van der Waals surface area contributed by atoms with Crippen molar-refractivity contribution in [2.24, 2.45) is 5.92 Å². The van der Waals surface area contributed by atoms with Crippen LogP contribution in [0.25, 0.3) is 0 Å². The summed E-state index contributed by atoms with van der Waals surface area (Å²) in [6.45, 7) is 0. The van der Waals surface area contributed by atoms with Crippen LogP contribution in [0.5, 0.6) is 0 Å². The lowest BCUT2D eigenvalue weighted by Gasteiger charge is -2.09. The lowest BCUT2D eigenvalue weighted by Crippen LogP contribution is -2.25. The van der Waals surface area contributed by atoms with Gasteiger partial charge in [0, 0.05) is 5.92 Å². The largest absolute Gasteiger partial charge is 0.387 e. The van der Waals surface area contributed by atoms with Crippen LogP contribution in [-0.4, -0.2) is 28.7 Å². The fourth-order valence-electron chi connectivity index (χ4n) is 1.99. The van der Waals surface area contributed by atoms with Crippen LogP contribution in [0.2, 0.25) is 0 Å². The molecule has 0 aromatic rings. The van der Waals surface area contributed by atoms with Crippen molar-refractivity contribution in [2.75, 3.05) is 0 Å². The first-order chi connectivity index (χ1) is 4.79. The molecular weight excluding hydrogens is 132 g/mol. The minimum atomic E-state index is -0.921. The van der Waals surface area contributed by atoms with Gasteiger partial charge in [-0.2, -0.15) is 0 Å². The minimum absolute atomic E-state index is 0.130. The number of rotatable bonds is 0. The fourth-order valence-corrected chi connectivity index (χ4v) is 1.99. The van der Waals surface area contributed by atoms with E-state index in [0.29, 0.717) is 0 Å². The Balaban J connectivity index is 2.09. The maximum Gasteiger partial charge on any atom is 0.181 e. The summed E-state index contributed by atoms with van der Waals surface area (Å²) in [5.74, 6) is 0.204. The summed E-state index contributed by atoms with van der Waals surface area (Å²) in [7, 11) is 0. The molecule has 0 aromatic heterocycles. The van der Waals surface area contributed by atoms with E-state index in [1.807, 2.05) is 0 Å². The van der Waals surface area contributed by atoms with Gasteiger partial charge in [0.25, 0.3) is 0 Å². The van der Waals surface area contributed by atoms with Crippen molar-refractivity contribution < 1.29 is 14.9 Å². The second kappa shape index (κ2) is 2.19. The van der Waals surface area contributed by atoms with Crippen LogP contribution < -0.4 is 0 Å². The molecule has 2 N–H and O–H groups in total. The van der Waals surface area contributed by atoms with Gasteiger partial charge in [-0.15, -0.1) is 0 Å². The number of aliphatic hydroxyl groups excluding tert-OH is 2. The first-order valence-electron chi connectivity index (χ1n) is 3.80. The van der Waals surface area contributed by atoms with Crippen molar-refractivity contribution in [3.05, 3.63) is 0 Å². The Morgan fingerprint density at radius 2 is 2.00 bits per heavy atom. The number of hydrogen-bond acceptors (Lipinski definition) is 3. The van der Waals surface area contributed by atoms with E-state index < -0.39 is 12.4 Å². The third-order valence-corrected chi connectivity index (χ3v) is 2.55. The van der Waals surface area contributed by atoms with Crippen molar-refractivity contribution in [3.63, 3.8) is 0 Å². The van der Waals surface area contributed by atoms with E-state index in [2.05, 4.69) is 0 Å². The summed E-state index contributed by atoms with van der Waals surface area (Å²) >= 11 is 0. The molecule has 1 heterocycles. The van der Waals surface area contributed by atoms with E-state index in [0.717, 1.165) is 19.3 Å². The van der Waals surface area contributed by atoms with Gasteiger partial charge in [-0.25, -0.2) is 0 Å². The molecule has 1 aliphatic heterocycles. The van der Waals surface area contributed by atoms with Crippen LogP contribution in [-0.2, 0) is 4.74 Å². The van der Waals surface area contributed by atoms with Crippen molar-refractivity contribution >= 4 is 0 Å². The molecular formula is C7H12O3. The van der Waals surface area contributed by atoms with Crippen LogP contribution in [0.4, 0.5) is 0 Å². The van der Waals surface area contributed by atoms with Crippen molar-refractivity contribution in [1.82, 2.24) is 0 Å². The Labute approximate surface area is 59.6 Å². The minimum Gasteiger partial charge on any atom is -0.387 e. The average Bonchev–Trinajstić information content (AvgIpc) is 2.41. The highest BCUT2D eigenvalue weighted by atomic mass is 16.6. The molecule has 0 spiro atoms. The van der Waals surface area contributed by atoms with Crippen LogP contribution in [0, 0.1) is 5.92 Å². The fraction of sp³-hybridized carbons (Fsp3) is 1.00. The molecule has 0 radical (unpaired) electrons. The molecule has 2 rings (SSSR count). The maximum atomic E-state index is 9.29. The second-order valence-electron chi connectivity index (χ2n) is 3.15. The smallest absolute Gasteiger partial charge is 0.181 e.